The molecule has 0 unspecified atom stereocenters. The molecule has 0 atom stereocenters. The number of ether oxygens (including phenoxy) is 1. The number of hydrogen-bond donors (Lipinski definition) is 2. The van der Waals surface area contributed by atoms with E-state index < -0.39 is 24.3 Å². The normalized spacial score (nSPS) is 14.9. The first-order valence-electron chi connectivity index (χ1n) is 18.3. The third kappa shape index (κ3) is 8.44. The van der Waals surface area contributed by atoms with E-state index in [1.807, 2.05) is 49.5 Å². The fourth-order valence-electron chi connectivity index (χ4n) is 6.84. The van der Waals surface area contributed by atoms with Crippen LogP contribution in [-0.2, 0) is 0 Å². The van der Waals surface area contributed by atoms with Gasteiger partial charge in [-0.2, -0.15) is 13.2 Å². The molecule has 0 spiro atoms. The number of hydrogen-bond acceptors (Lipinski definition) is 11. The second kappa shape index (κ2) is 15.7. The van der Waals surface area contributed by atoms with Crippen LogP contribution in [0, 0.1) is 12.7 Å². The van der Waals surface area contributed by atoms with Gasteiger partial charge >= 0.3 is 6.18 Å². The maximum Gasteiger partial charge on any atom is 0.422 e. The molecule has 13 nitrogen and oxygen atoms in total. The van der Waals surface area contributed by atoms with Crippen molar-refractivity contribution in [3.63, 3.8) is 0 Å². The van der Waals surface area contributed by atoms with E-state index in [1.54, 1.807) is 22.7 Å². The summed E-state index contributed by atoms with van der Waals surface area (Å²) < 4.78 is 63.9. The largest absolute Gasteiger partial charge is 0.481 e. The van der Waals surface area contributed by atoms with Gasteiger partial charge in [0.2, 0.25) is 0 Å². The van der Waals surface area contributed by atoms with Gasteiger partial charge in [-0.05, 0) is 60.7 Å². The van der Waals surface area contributed by atoms with Crippen LogP contribution in [-0.4, -0.2) is 88.9 Å². The lowest BCUT2D eigenvalue weighted by atomic mass is 10.1. The molecule has 57 heavy (non-hydrogen) atoms. The summed E-state index contributed by atoms with van der Waals surface area (Å²) in [6.07, 6.45) is -0.971. The zero-order valence-electron chi connectivity index (χ0n) is 30.7. The minimum Gasteiger partial charge on any atom is -0.481 e. The van der Waals surface area contributed by atoms with Crippen molar-refractivity contribution in [2.75, 3.05) is 68.8 Å². The first-order chi connectivity index (χ1) is 27.5. The number of piperazine rings is 2. The van der Waals surface area contributed by atoms with E-state index in [0.717, 1.165) is 92.5 Å². The maximum atomic E-state index is 14.2. The highest BCUT2D eigenvalue weighted by atomic mass is 19.4. The molecule has 2 aliphatic heterocycles. The summed E-state index contributed by atoms with van der Waals surface area (Å²) in [5, 5.41) is 6.60. The summed E-state index contributed by atoms with van der Waals surface area (Å²) in [5.74, 6) is -0.865. The van der Waals surface area contributed by atoms with Gasteiger partial charge in [0.1, 0.15) is 16.8 Å². The van der Waals surface area contributed by atoms with Crippen LogP contribution in [0.25, 0.3) is 44.9 Å². The number of anilines is 2. The highest BCUT2D eigenvalue weighted by Gasteiger charge is 2.29. The number of alkyl halides is 3. The topological polar surface area (TPSA) is 135 Å². The molecule has 0 radical (unpaired) electrons. The zero-order valence-corrected chi connectivity index (χ0v) is 30.7. The lowest BCUT2D eigenvalue weighted by molar-refractivity contribution is -0.153. The Morgan fingerprint density at radius 1 is 0.702 bits per heavy atom. The lowest BCUT2D eigenvalue weighted by Crippen LogP contribution is -2.43. The fourth-order valence-corrected chi connectivity index (χ4v) is 6.84. The van der Waals surface area contributed by atoms with E-state index in [4.69, 9.17) is 4.42 Å². The molecule has 9 rings (SSSR count). The van der Waals surface area contributed by atoms with Gasteiger partial charge in [0.25, 0.3) is 11.1 Å². The van der Waals surface area contributed by atoms with Crippen molar-refractivity contribution in [3.8, 4) is 28.3 Å². The average molecular weight is 784 g/mol. The Kier molecular flexibility index (Phi) is 10.3. The predicted octanol–water partition coefficient (Wildman–Crippen LogP) is 5.07. The van der Waals surface area contributed by atoms with Gasteiger partial charge in [0.15, 0.2) is 29.6 Å². The summed E-state index contributed by atoms with van der Waals surface area (Å²) in [5.41, 5.74) is 5.98. The summed E-state index contributed by atoms with van der Waals surface area (Å²) in [7, 11) is 0. The number of aromatic nitrogens is 5. The van der Waals surface area contributed by atoms with E-state index in [-0.39, 0.29) is 22.4 Å². The molecule has 2 aromatic carbocycles. The molecule has 2 fully saturated rings. The van der Waals surface area contributed by atoms with Crippen LogP contribution in [0.4, 0.5) is 28.9 Å². The van der Waals surface area contributed by atoms with E-state index >= 15 is 0 Å². The molecule has 0 aliphatic carbocycles. The molecule has 7 heterocycles. The van der Waals surface area contributed by atoms with E-state index in [1.165, 1.54) is 16.5 Å². The van der Waals surface area contributed by atoms with Gasteiger partial charge in [-0.1, -0.05) is 0 Å². The smallest absolute Gasteiger partial charge is 0.422 e. The van der Waals surface area contributed by atoms with Gasteiger partial charge in [-0.25, -0.2) is 19.3 Å². The molecule has 5 aromatic heterocycles. The molecule has 2 saturated heterocycles. The first-order valence-corrected chi connectivity index (χ1v) is 18.3. The van der Waals surface area contributed by atoms with Gasteiger partial charge in [-0.15, -0.1) is 0 Å². The summed E-state index contributed by atoms with van der Waals surface area (Å²) in [6.45, 7) is 7.37. The van der Waals surface area contributed by atoms with Gasteiger partial charge in [0.05, 0.1) is 22.8 Å². The van der Waals surface area contributed by atoms with E-state index in [2.05, 4.69) is 40.1 Å². The van der Waals surface area contributed by atoms with Crippen LogP contribution in [0.15, 0.2) is 99.2 Å². The Bertz CT molecular complexity index is 2700. The SMILES string of the molecule is Cc1nc2cc(-c3cc(=O)n4cc(N5CCNCC5)ccc4n3)ccc2o1.O=c1cc(-c2ccc(OCC(F)(F)F)c(F)c2)nc2ccc(N3CCNCC3)cn12. The Balaban J connectivity index is 0.000000160. The number of fused-ring (bicyclic) bond motifs is 3. The number of benzene rings is 2. The van der Waals surface area contributed by atoms with E-state index in [0.29, 0.717) is 22.9 Å². The molecule has 17 heteroatoms. The van der Waals surface area contributed by atoms with Gasteiger partial charge in [-0.3, -0.25) is 18.4 Å². The van der Waals surface area contributed by atoms with Crippen LogP contribution >= 0.6 is 0 Å². The predicted molar refractivity (Wildman–Crippen MR) is 208 cm³/mol. The number of pyridine rings is 2. The van der Waals surface area contributed by atoms with Gasteiger partial charge in [0, 0.05) is 94.9 Å². The third-order valence-corrected chi connectivity index (χ3v) is 9.66. The molecular formula is C40H37F4N9O4. The second-order valence-electron chi connectivity index (χ2n) is 13.6. The lowest BCUT2D eigenvalue weighted by Gasteiger charge is -2.29. The van der Waals surface area contributed by atoms with Crippen LogP contribution in [0.1, 0.15) is 5.89 Å². The number of rotatable bonds is 6. The molecule has 0 saturated carbocycles. The van der Waals surface area contributed by atoms with Crippen molar-refractivity contribution < 1.29 is 26.7 Å². The number of nitrogens with zero attached hydrogens (tertiary/aromatic N) is 7. The highest BCUT2D eigenvalue weighted by Crippen LogP contribution is 2.27. The summed E-state index contributed by atoms with van der Waals surface area (Å²) >= 11 is 0. The number of oxazole rings is 1. The van der Waals surface area contributed by atoms with Crippen molar-refractivity contribution in [2.45, 2.75) is 13.1 Å². The molecule has 0 amide bonds. The number of aryl methyl sites for hydroxylation is 1. The van der Waals surface area contributed by atoms with Gasteiger partial charge < -0.3 is 29.6 Å². The Morgan fingerprint density at radius 3 is 1.75 bits per heavy atom. The fraction of sp³-hybridized carbons (Fsp3) is 0.275. The minimum atomic E-state index is -4.57. The van der Waals surface area contributed by atoms with Crippen molar-refractivity contribution >= 4 is 33.8 Å². The molecule has 7 aromatic rings. The van der Waals surface area contributed by atoms with Crippen molar-refractivity contribution in [3.05, 3.63) is 118 Å². The van der Waals surface area contributed by atoms with Crippen LogP contribution in [0.3, 0.4) is 0 Å². The Labute approximate surface area is 322 Å². The Morgan fingerprint density at radius 2 is 1.23 bits per heavy atom. The minimum absolute atomic E-state index is 0.0941. The quantitative estimate of drug-likeness (QED) is 0.219. The maximum absolute atomic E-state index is 14.2. The average Bonchev–Trinajstić information content (AvgIpc) is 3.60. The summed E-state index contributed by atoms with van der Waals surface area (Å²) in [4.78, 5) is 43.2. The molecule has 294 valence electrons. The third-order valence-electron chi connectivity index (χ3n) is 9.66. The second-order valence-corrected chi connectivity index (χ2v) is 13.6. The van der Waals surface area contributed by atoms with E-state index in [9.17, 15) is 27.2 Å². The molecule has 2 aliphatic rings. The highest BCUT2D eigenvalue weighted by molar-refractivity contribution is 5.79. The van der Waals surface area contributed by atoms with Crippen LogP contribution in [0.5, 0.6) is 5.75 Å². The molecule has 2 N–H and O–H groups in total. The van der Waals surface area contributed by atoms with Crippen molar-refractivity contribution in [1.82, 2.24) is 34.4 Å². The summed E-state index contributed by atoms with van der Waals surface area (Å²) in [6, 6.07) is 19.5. The molecule has 0 bridgehead atoms. The van der Waals surface area contributed by atoms with Crippen LogP contribution in [0.2, 0.25) is 0 Å². The standard InChI is InChI=1S/C20H18F4N4O2.C20H19N5O2/c21-15-9-13(1-3-17(15)30-12-20(22,23)24)16-10-19(29)28-11-14(2-4-18(28)26-16)27-7-5-25-6-8-27;1-13-22-17-10-14(2-4-18(17)27-13)16-11-20(26)25-12-15(3-5-19(25)23-16)24-8-6-21-7-9-24/h1-4,9-11,25H,5-8,12H2;2-5,10-12,21H,6-9H2,1H3. The van der Waals surface area contributed by atoms with Crippen molar-refractivity contribution in [2.24, 2.45) is 0 Å². The monoisotopic (exact) mass is 783 g/mol. The Hall–Kier alpha value is -6.33. The zero-order chi connectivity index (χ0) is 39.7. The number of nitrogens with one attached hydrogen (secondary N) is 2. The van der Waals surface area contributed by atoms with Crippen molar-refractivity contribution in [1.29, 1.82) is 0 Å². The number of halogens is 4. The first kappa shape index (κ1) is 37.6. The van der Waals surface area contributed by atoms with Crippen LogP contribution < -0.4 is 36.3 Å². The molecular weight excluding hydrogens is 746 g/mol.